The lowest BCUT2D eigenvalue weighted by Gasteiger charge is -2.10. The molecule has 0 aliphatic rings. The lowest BCUT2D eigenvalue weighted by Crippen LogP contribution is -2.31. The normalized spacial score (nSPS) is 12.6. The van der Waals surface area contributed by atoms with Crippen molar-refractivity contribution in [3.8, 4) is 0 Å². The highest BCUT2D eigenvalue weighted by atomic mass is 32.2. The number of aryl methyl sites for hydroxylation is 1. The van der Waals surface area contributed by atoms with Gasteiger partial charge in [-0.05, 0) is 21.0 Å². The molecule has 0 saturated carbocycles. The van der Waals surface area contributed by atoms with Gasteiger partial charge in [0.25, 0.3) is 0 Å². The van der Waals surface area contributed by atoms with E-state index in [0.29, 0.717) is 37.2 Å². The Morgan fingerprint density at radius 1 is 1.35 bits per heavy atom. The van der Waals surface area contributed by atoms with Crippen molar-refractivity contribution in [2.45, 2.75) is 38.3 Å². The van der Waals surface area contributed by atoms with Gasteiger partial charge in [0.05, 0.1) is 6.54 Å². The van der Waals surface area contributed by atoms with Crippen LogP contribution in [-0.2, 0) is 16.6 Å². The highest BCUT2D eigenvalue weighted by Gasteiger charge is 2.21. The van der Waals surface area contributed by atoms with E-state index in [1.54, 1.807) is 13.0 Å². The average molecular weight is 303 g/mol. The van der Waals surface area contributed by atoms with Crippen molar-refractivity contribution in [2.24, 2.45) is 0 Å². The lowest BCUT2D eigenvalue weighted by molar-refractivity contribution is 0.412. The fourth-order valence-electron chi connectivity index (χ4n) is 1.66. The second-order valence-electron chi connectivity index (χ2n) is 5.37. The van der Waals surface area contributed by atoms with E-state index in [-0.39, 0.29) is 4.90 Å². The third kappa shape index (κ3) is 5.24. The topological polar surface area (TPSA) is 74.6 Å². The highest BCUT2D eigenvalue weighted by molar-refractivity contribution is 7.89. The smallest absolute Gasteiger partial charge is 0.244 e. The van der Waals surface area contributed by atoms with E-state index < -0.39 is 10.0 Å². The van der Waals surface area contributed by atoms with Gasteiger partial charge in [0.2, 0.25) is 10.0 Å². The molecule has 0 aliphatic carbocycles. The van der Waals surface area contributed by atoms with Gasteiger partial charge in [0, 0.05) is 25.2 Å². The van der Waals surface area contributed by atoms with Crippen LogP contribution in [0.2, 0.25) is 0 Å². The van der Waals surface area contributed by atoms with Crippen LogP contribution in [0.15, 0.2) is 15.4 Å². The molecule has 0 spiro atoms. The Balaban J connectivity index is 2.74. The van der Waals surface area contributed by atoms with E-state index in [9.17, 15) is 8.42 Å². The molecule has 116 valence electrons. The standard InChI is InChI=1S/C13H25N3O3S/c1-10(2)14-9-12-8-13(11(3)19-12)20(17,18)15-6-7-16(4)5/h8,10,14-15H,6-7,9H2,1-5H3. The molecular weight excluding hydrogens is 278 g/mol. The van der Waals surface area contributed by atoms with Gasteiger partial charge in [-0.3, -0.25) is 0 Å². The van der Waals surface area contributed by atoms with E-state index in [1.165, 1.54) is 0 Å². The second-order valence-corrected chi connectivity index (χ2v) is 7.11. The number of furan rings is 1. The molecule has 0 bridgehead atoms. The van der Waals surface area contributed by atoms with Crippen molar-refractivity contribution >= 4 is 10.0 Å². The van der Waals surface area contributed by atoms with Gasteiger partial charge in [-0.15, -0.1) is 0 Å². The summed E-state index contributed by atoms with van der Waals surface area (Å²) in [6, 6.07) is 1.90. The molecule has 0 saturated heterocycles. The van der Waals surface area contributed by atoms with Gasteiger partial charge in [-0.2, -0.15) is 0 Å². The van der Waals surface area contributed by atoms with Crippen LogP contribution in [0.4, 0.5) is 0 Å². The van der Waals surface area contributed by atoms with Gasteiger partial charge in [0.1, 0.15) is 16.4 Å². The molecule has 0 unspecified atom stereocenters. The van der Waals surface area contributed by atoms with Crippen LogP contribution in [-0.4, -0.2) is 46.5 Å². The second kappa shape index (κ2) is 7.21. The average Bonchev–Trinajstić information content (AvgIpc) is 2.68. The Kier molecular flexibility index (Phi) is 6.19. The maximum Gasteiger partial charge on any atom is 0.244 e. The van der Waals surface area contributed by atoms with E-state index >= 15 is 0 Å². The monoisotopic (exact) mass is 303 g/mol. The van der Waals surface area contributed by atoms with E-state index in [0.717, 1.165) is 0 Å². The zero-order valence-corrected chi connectivity index (χ0v) is 13.7. The summed E-state index contributed by atoms with van der Waals surface area (Å²) >= 11 is 0. The van der Waals surface area contributed by atoms with Crippen LogP contribution in [0, 0.1) is 6.92 Å². The summed E-state index contributed by atoms with van der Waals surface area (Å²) in [5.74, 6) is 1.05. The summed E-state index contributed by atoms with van der Waals surface area (Å²) in [5, 5.41) is 3.20. The quantitative estimate of drug-likeness (QED) is 0.747. The molecule has 0 amide bonds. The van der Waals surface area contributed by atoms with Gasteiger partial charge >= 0.3 is 0 Å². The Hall–Kier alpha value is -0.890. The predicted octanol–water partition coefficient (Wildman–Crippen LogP) is 0.926. The molecule has 1 aromatic heterocycles. The number of rotatable bonds is 8. The van der Waals surface area contributed by atoms with Crippen LogP contribution >= 0.6 is 0 Å². The Morgan fingerprint density at radius 3 is 2.55 bits per heavy atom. The zero-order valence-electron chi connectivity index (χ0n) is 12.9. The van der Waals surface area contributed by atoms with Crippen LogP contribution in [0.1, 0.15) is 25.4 Å². The van der Waals surface area contributed by atoms with Crippen molar-refractivity contribution in [2.75, 3.05) is 27.2 Å². The number of sulfonamides is 1. The largest absolute Gasteiger partial charge is 0.464 e. The summed E-state index contributed by atoms with van der Waals surface area (Å²) in [7, 11) is 0.289. The van der Waals surface area contributed by atoms with Gasteiger partial charge in [-0.25, -0.2) is 13.1 Å². The van der Waals surface area contributed by atoms with Gasteiger partial charge < -0.3 is 14.6 Å². The molecule has 0 radical (unpaired) electrons. The van der Waals surface area contributed by atoms with Crippen molar-refractivity contribution in [1.29, 1.82) is 0 Å². The van der Waals surface area contributed by atoms with Crippen LogP contribution in [0.25, 0.3) is 0 Å². The molecular formula is C13H25N3O3S. The fourth-order valence-corrected chi connectivity index (χ4v) is 2.89. The molecule has 0 aromatic carbocycles. The molecule has 6 nitrogen and oxygen atoms in total. The molecule has 1 aromatic rings. The number of hydrogen-bond donors (Lipinski definition) is 2. The number of likely N-dealkylation sites (N-methyl/N-ethyl adjacent to an activating group) is 1. The van der Waals surface area contributed by atoms with Crippen molar-refractivity contribution in [3.05, 3.63) is 17.6 Å². The maximum absolute atomic E-state index is 12.2. The molecule has 0 atom stereocenters. The SMILES string of the molecule is Cc1oc(CNC(C)C)cc1S(=O)(=O)NCCN(C)C. The van der Waals surface area contributed by atoms with Crippen LogP contribution in [0.3, 0.4) is 0 Å². The van der Waals surface area contributed by atoms with E-state index in [1.807, 2.05) is 32.8 Å². The molecule has 0 fully saturated rings. The Bertz CT molecular complexity index is 521. The van der Waals surface area contributed by atoms with Crippen LogP contribution < -0.4 is 10.0 Å². The summed E-state index contributed by atoms with van der Waals surface area (Å²) in [5.41, 5.74) is 0. The first-order valence-electron chi connectivity index (χ1n) is 6.69. The minimum atomic E-state index is -3.50. The van der Waals surface area contributed by atoms with E-state index in [4.69, 9.17) is 4.42 Å². The molecule has 20 heavy (non-hydrogen) atoms. The summed E-state index contributed by atoms with van der Waals surface area (Å²) in [6.45, 7) is 7.26. The van der Waals surface area contributed by atoms with Gasteiger partial charge in [0.15, 0.2) is 0 Å². The fraction of sp³-hybridized carbons (Fsp3) is 0.692. The first-order valence-corrected chi connectivity index (χ1v) is 8.18. The zero-order chi connectivity index (χ0) is 15.3. The molecule has 7 heteroatoms. The predicted molar refractivity (Wildman–Crippen MR) is 79.2 cm³/mol. The summed E-state index contributed by atoms with van der Waals surface area (Å²) in [6.07, 6.45) is 0. The molecule has 1 heterocycles. The van der Waals surface area contributed by atoms with E-state index in [2.05, 4.69) is 10.0 Å². The lowest BCUT2D eigenvalue weighted by atomic mass is 10.3. The highest BCUT2D eigenvalue weighted by Crippen LogP contribution is 2.19. The maximum atomic E-state index is 12.2. The Labute approximate surface area is 121 Å². The van der Waals surface area contributed by atoms with Crippen LogP contribution in [0.5, 0.6) is 0 Å². The Morgan fingerprint density at radius 2 is 2.00 bits per heavy atom. The number of nitrogens with one attached hydrogen (secondary N) is 2. The molecule has 1 rings (SSSR count). The minimum Gasteiger partial charge on any atom is -0.464 e. The third-order valence-corrected chi connectivity index (χ3v) is 4.32. The molecule has 0 aliphatic heterocycles. The van der Waals surface area contributed by atoms with Crippen molar-refractivity contribution in [3.63, 3.8) is 0 Å². The van der Waals surface area contributed by atoms with Gasteiger partial charge in [-0.1, -0.05) is 13.8 Å². The number of nitrogens with zero attached hydrogens (tertiary/aromatic N) is 1. The summed E-state index contributed by atoms with van der Waals surface area (Å²) < 4.78 is 32.4. The van der Waals surface area contributed by atoms with Crippen molar-refractivity contribution < 1.29 is 12.8 Å². The first-order chi connectivity index (χ1) is 9.22. The summed E-state index contributed by atoms with van der Waals surface area (Å²) in [4.78, 5) is 2.14. The first kappa shape index (κ1) is 17.2. The number of hydrogen-bond acceptors (Lipinski definition) is 5. The minimum absolute atomic E-state index is 0.219. The van der Waals surface area contributed by atoms with Crippen molar-refractivity contribution in [1.82, 2.24) is 14.9 Å². The third-order valence-electron chi connectivity index (χ3n) is 2.75. The molecule has 2 N–H and O–H groups in total.